The van der Waals surface area contributed by atoms with Crippen LogP contribution in [0.15, 0.2) is 30.5 Å². The predicted octanol–water partition coefficient (Wildman–Crippen LogP) is 3.05. The van der Waals surface area contributed by atoms with E-state index in [1.807, 2.05) is 19.1 Å². The first-order chi connectivity index (χ1) is 9.52. The number of nitrogens with zero attached hydrogens (tertiary/aromatic N) is 2. The average molecular weight is 294 g/mol. The van der Waals surface area contributed by atoms with Crippen LogP contribution in [0.25, 0.3) is 0 Å². The molecule has 1 atom stereocenters. The zero-order valence-electron chi connectivity index (χ0n) is 11.6. The molecule has 0 aliphatic carbocycles. The standard InChI is InChI=1S/C14H16ClN3O2/c1-9-13(15)8-16-18(9)10(2)14(19)17-11-5-4-6-12(7-11)20-3/h4-8,10H,1-3H3,(H,17,19). The third kappa shape index (κ3) is 2.93. The Balaban J connectivity index is 2.13. The van der Waals surface area contributed by atoms with Gasteiger partial charge in [0, 0.05) is 11.8 Å². The first kappa shape index (κ1) is 14.4. The van der Waals surface area contributed by atoms with Gasteiger partial charge in [-0.05, 0) is 26.0 Å². The number of nitrogens with one attached hydrogen (secondary N) is 1. The summed E-state index contributed by atoms with van der Waals surface area (Å²) in [6.07, 6.45) is 1.53. The van der Waals surface area contributed by atoms with Crippen LogP contribution in [0.4, 0.5) is 5.69 Å². The van der Waals surface area contributed by atoms with Gasteiger partial charge in [0.1, 0.15) is 11.8 Å². The van der Waals surface area contributed by atoms with Crippen molar-refractivity contribution in [2.45, 2.75) is 19.9 Å². The molecule has 1 aromatic heterocycles. The zero-order chi connectivity index (χ0) is 14.7. The van der Waals surface area contributed by atoms with Crippen molar-refractivity contribution in [2.75, 3.05) is 12.4 Å². The lowest BCUT2D eigenvalue weighted by molar-refractivity contribution is -0.119. The van der Waals surface area contributed by atoms with Crippen molar-refractivity contribution in [2.24, 2.45) is 0 Å². The number of methoxy groups -OCH3 is 1. The van der Waals surface area contributed by atoms with E-state index in [2.05, 4.69) is 10.4 Å². The number of hydrogen-bond acceptors (Lipinski definition) is 3. The SMILES string of the molecule is COc1cccc(NC(=O)C(C)n2ncc(Cl)c2C)c1. The summed E-state index contributed by atoms with van der Waals surface area (Å²) in [4.78, 5) is 12.2. The van der Waals surface area contributed by atoms with E-state index in [9.17, 15) is 4.79 Å². The maximum absolute atomic E-state index is 12.2. The Morgan fingerprint density at radius 2 is 2.25 bits per heavy atom. The Labute approximate surface area is 122 Å². The topological polar surface area (TPSA) is 56.1 Å². The highest BCUT2D eigenvalue weighted by atomic mass is 35.5. The molecule has 20 heavy (non-hydrogen) atoms. The number of benzene rings is 1. The van der Waals surface area contributed by atoms with Gasteiger partial charge in [-0.2, -0.15) is 5.10 Å². The summed E-state index contributed by atoms with van der Waals surface area (Å²) in [7, 11) is 1.58. The number of halogens is 1. The number of carbonyl (C=O) groups is 1. The molecule has 0 saturated carbocycles. The quantitative estimate of drug-likeness (QED) is 0.942. The molecule has 2 aromatic rings. The maximum Gasteiger partial charge on any atom is 0.248 e. The summed E-state index contributed by atoms with van der Waals surface area (Å²) in [5, 5.41) is 7.49. The highest BCUT2D eigenvalue weighted by Gasteiger charge is 2.18. The van der Waals surface area contributed by atoms with Crippen LogP contribution in [0.5, 0.6) is 5.75 Å². The molecular formula is C14H16ClN3O2. The number of amides is 1. The number of aromatic nitrogens is 2. The van der Waals surface area contributed by atoms with Crippen molar-refractivity contribution < 1.29 is 9.53 Å². The van der Waals surface area contributed by atoms with E-state index in [-0.39, 0.29) is 5.91 Å². The van der Waals surface area contributed by atoms with Crippen LogP contribution in [-0.4, -0.2) is 22.8 Å². The van der Waals surface area contributed by atoms with Gasteiger partial charge in [0.2, 0.25) is 5.91 Å². The normalized spacial score (nSPS) is 12.0. The van der Waals surface area contributed by atoms with Gasteiger partial charge in [0.05, 0.1) is 24.0 Å². The Morgan fingerprint density at radius 3 is 2.85 bits per heavy atom. The van der Waals surface area contributed by atoms with E-state index in [0.29, 0.717) is 16.5 Å². The van der Waals surface area contributed by atoms with E-state index < -0.39 is 6.04 Å². The molecule has 0 aliphatic rings. The minimum atomic E-state index is -0.450. The summed E-state index contributed by atoms with van der Waals surface area (Å²) in [6.45, 7) is 3.59. The lowest BCUT2D eigenvalue weighted by Gasteiger charge is -2.14. The minimum absolute atomic E-state index is 0.166. The molecule has 1 heterocycles. The third-order valence-electron chi connectivity index (χ3n) is 3.07. The Kier molecular flexibility index (Phi) is 4.29. The molecule has 0 aliphatic heterocycles. The summed E-state index contributed by atoms with van der Waals surface area (Å²) >= 11 is 5.95. The summed E-state index contributed by atoms with van der Waals surface area (Å²) in [5.74, 6) is 0.523. The summed E-state index contributed by atoms with van der Waals surface area (Å²) in [6, 6.07) is 6.74. The van der Waals surface area contributed by atoms with Crippen molar-refractivity contribution in [1.82, 2.24) is 9.78 Å². The van der Waals surface area contributed by atoms with Gasteiger partial charge < -0.3 is 10.1 Å². The Bertz CT molecular complexity index is 625. The minimum Gasteiger partial charge on any atom is -0.497 e. The monoisotopic (exact) mass is 293 g/mol. The maximum atomic E-state index is 12.2. The molecule has 1 amide bonds. The van der Waals surface area contributed by atoms with Crippen molar-refractivity contribution in [3.63, 3.8) is 0 Å². The van der Waals surface area contributed by atoms with Crippen molar-refractivity contribution in [3.05, 3.63) is 41.2 Å². The van der Waals surface area contributed by atoms with Gasteiger partial charge in [-0.15, -0.1) is 0 Å². The second kappa shape index (κ2) is 5.96. The van der Waals surface area contributed by atoms with Gasteiger partial charge in [-0.25, -0.2) is 0 Å². The van der Waals surface area contributed by atoms with Gasteiger partial charge in [0.15, 0.2) is 0 Å². The number of ether oxygens (including phenoxy) is 1. The third-order valence-corrected chi connectivity index (χ3v) is 3.44. The van der Waals surface area contributed by atoms with Crippen molar-refractivity contribution in [3.8, 4) is 5.75 Å². The molecule has 1 unspecified atom stereocenters. The van der Waals surface area contributed by atoms with Gasteiger partial charge in [-0.1, -0.05) is 17.7 Å². The molecule has 1 aromatic carbocycles. The molecule has 2 rings (SSSR count). The molecule has 0 radical (unpaired) electrons. The lowest BCUT2D eigenvalue weighted by atomic mass is 10.2. The van der Waals surface area contributed by atoms with Crippen LogP contribution in [-0.2, 0) is 4.79 Å². The largest absolute Gasteiger partial charge is 0.497 e. The van der Waals surface area contributed by atoms with E-state index in [1.54, 1.807) is 30.8 Å². The van der Waals surface area contributed by atoms with E-state index in [4.69, 9.17) is 16.3 Å². The highest BCUT2D eigenvalue weighted by molar-refractivity contribution is 6.31. The molecule has 6 heteroatoms. The second-order valence-electron chi connectivity index (χ2n) is 4.42. The first-order valence-electron chi connectivity index (χ1n) is 6.17. The second-order valence-corrected chi connectivity index (χ2v) is 4.83. The van der Waals surface area contributed by atoms with Gasteiger partial charge >= 0.3 is 0 Å². The van der Waals surface area contributed by atoms with Crippen molar-refractivity contribution >= 4 is 23.2 Å². The molecule has 1 N–H and O–H groups in total. The van der Waals surface area contributed by atoms with Crippen molar-refractivity contribution in [1.29, 1.82) is 0 Å². The van der Waals surface area contributed by atoms with Gasteiger partial charge in [-0.3, -0.25) is 9.48 Å². The molecule has 106 valence electrons. The Hall–Kier alpha value is -2.01. The zero-order valence-corrected chi connectivity index (χ0v) is 12.3. The van der Waals surface area contributed by atoms with E-state index >= 15 is 0 Å². The van der Waals surface area contributed by atoms with Gasteiger partial charge in [0.25, 0.3) is 0 Å². The van der Waals surface area contributed by atoms with Crippen LogP contribution in [0, 0.1) is 6.92 Å². The van der Waals surface area contributed by atoms with Crippen LogP contribution in [0.2, 0.25) is 5.02 Å². The molecule has 0 fully saturated rings. The first-order valence-corrected chi connectivity index (χ1v) is 6.55. The van der Waals surface area contributed by atoms with E-state index in [1.165, 1.54) is 6.20 Å². The lowest BCUT2D eigenvalue weighted by Crippen LogP contribution is -2.25. The molecule has 0 saturated heterocycles. The van der Waals surface area contributed by atoms with Crippen LogP contribution in [0.3, 0.4) is 0 Å². The van der Waals surface area contributed by atoms with Crippen LogP contribution >= 0.6 is 11.6 Å². The molecule has 0 spiro atoms. The fourth-order valence-electron chi connectivity index (χ4n) is 1.85. The van der Waals surface area contributed by atoms with E-state index in [0.717, 1.165) is 5.69 Å². The van der Waals surface area contributed by atoms with Crippen LogP contribution < -0.4 is 10.1 Å². The average Bonchev–Trinajstić information content (AvgIpc) is 2.78. The fourth-order valence-corrected chi connectivity index (χ4v) is 1.98. The fraction of sp³-hybridized carbons (Fsp3) is 0.286. The number of carbonyl (C=O) groups excluding carboxylic acids is 1. The number of anilines is 1. The number of rotatable bonds is 4. The number of hydrogen-bond donors (Lipinski definition) is 1. The smallest absolute Gasteiger partial charge is 0.248 e. The molecular weight excluding hydrogens is 278 g/mol. The summed E-state index contributed by atoms with van der Waals surface area (Å²) < 4.78 is 6.71. The summed E-state index contributed by atoms with van der Waals surface area (Å²) in [5.41, 5.74) is 1.44. The highest BCUT2D eigenvalue weighted by Crippen LogP contribution is 2.20. The Morgan fingerprint density at radius 1 is 1.50 bits per heavy atom. The van der Waals surface area contributed by atoms with Crippen LogP contribution in [0.1, 0.15) is 18.7 Å². The predicted molar refractivity (Wildman–Crippen MR) is 78.3 cm³/mol. The molecule has 0 bridgehead atoms. The molecule has 5 nitrogen and oxygen atoms in total.